The van der Waals surface area contributed by atoms with E-state index in [0.717, 1.165) is 6.92 Å². The summed E-state index contributed by atoms with van der Waals surface area (Å²) >= 11 is 0. The maximum Gasteiger partial charge on any atom is 0.288 e. The smallest absolute Gasteiger partial charge is 0.288 e. The molecule has 0 saturated carbocycles. The number of halogens is 2. The van der Waals surface area contributed by atoms with Gasteiger partial charge in [-0.15, -0.1) is 10.2 Å². The van der Waals surface area contributed by atoms with Gasteiger partial charge in [0.1, 0.15) is 5.69 Å². The van der Waals surface area contributed by atoms with Crippen LogP contribution in [-0.2, 0) is 5.92 Å². The molecule has 5 heteroatoms. The van der Waals surface area contributed by atoms with Crippen molar-refractivity contribution in [1.82, 2.24) is 10.2 Å². The Kier molecular flexibility index (Phi) is 2.21. The molecule has 0 bridgehead atoms. The Balaban J connectivity index is 2.93. The molecule has 1 rings (SSSR count). The molecule has 0 spiro atoms. The highest BCUT2D eigenvalue weighted by molar-refractivity contribution is 5.13. The lowest BCUT2D eigenvalue weighted by Crippen LogP contribution is -2.10. The quantitative estimate of drug-likeness (QED) is 0.683. The number of hydrogen-bond acceptors (Lipinski definition) is 3. The molecule has 12 heavy (non-hydrogen) atoms. The summed E-state index contributed by atoms with van der Waals surface area (Å²) in [4.78, 5) is 0. The van der Waals surface area contributed by atoms with E-state index < -0.39 is 5.92 Å². The minimum absolute atomic E-state index is 0.225. The molecule has 0 saturated heterocycles. The van der Waals surface area contributed by atoms with E-state index in [0.29, 0.717) is 0 Å². The fourth-order valence-electron chi connectivity index (χ4n) is 0.663. The van der Waals surface area contributed by atoms with Gasteiger partial charge in [0.2, 0.25) is 5.88 Å². The summed E-state index contributed by atoms with van der Waals surface area (Å²) in [6, 6.07) is 2.53. The molecule has 0 N–H and O–H groups in total. The summed E-state index contributed by atoms with van der Waals surface area (Å²) in [6.45, 7) is 0.767. The van der Waals surface area contributed by atoms with Gasteiger partial charge in [-0.05, 0) is 6.07 Å². The van der Waals surface area contributed by atoms with Crippen LogP contribution in [0.25, 0.3) is 0 Å². The van der Waals surface area contributed by atoms with Gasteiger partial charge in [0.05, 0.1) is 7.11 Å². The van der Waals surface area contributed by atoms with Crippen LogP contribution >= 0.6 is 0 Å². The van der Waals surface area contributed by atoms with Crippen molar-refractivity contribution in [3.8, 4) is 5.88 Å². The molecule has 1 aromatic heterocycles. The molecule has 0 fully saturated rings. The first kappa shape index (κ1) is 8.83. The summed E-state index contributed by atoms with van der Waals surface area (Å²) in [5.74, 6) is -2.72. The molecular formula is C7H8F2N2O. The van der Waals surface area contributed by atoms with Crippen molar-refractivity contribution in [2.24, 2.45) is 0 Å². The van der Waals surface area contributed by atoms with E-state index in [9.17, 15) is 8.78 Å². The lowest BCUT2D eigenvalue weighted by molar-refractivity contribution is 0.0117. The number of methoxy groups -OCH3 is 1. The second-order valence-electron chi connectivity index (χ2n) is 2.35. The Morgan fingerprint density at radius 3 is 2.33 bits per heavy atom. The number of rotatable bonds is 2. The number of aromatic nitrogens is 2. The lowest BCUT2D eigenvalue weighted by Gasteiger charge is -2.07. The third kappa shape index (κ3) is 1.87. The Labute approximate surface area is 68.4 Å². The first-order valence-electron chi connectivity index (χ1n) is 3.30. The maximum absolute atomic E-state index is 12.5. The molecule has 0 radical (unpaired) electrons. The number of nitrogens with zero attached hydrogens (tertiary/aromatic N) is 2. The van der Waals surface area contributed by atoms with Crippen molar-refractivity contribution in [3.05, 3.63) is 17.8 Å². The second kappa shape index (κ2) is 3.00. The molecule has 0 atom stereocenters. The van der Waals surface area contributed by atoms with Crippen molar-refractivity contribution in [1.29, 1.82) is 0 Å². The van der Waals surface area contributed by atoms with Crippen molar-refractivity contribution in [2.45, 2.75) is 12.8 Å². The van der Waals surface area contributed by atoms with Gasteiger partial charge < -0.3 is 4.74 Å². The van der Waals surface area contributed by atoms with E-state index in [4.69, 9.17) is 0 Å². The monoisotopic (exact) mass is 174 g/mol. The molecule has 1 heterocycles. The average Bonchev–Trinajstić information content (AvgIpc) is 2.03. The van der Waals surface area contributed by atoms with Gasteiger partial charge in [-0.25, -0.2) is 0 Å². The van der Waals surface area contributed by atoms with E-state index in [1.54, 1.807) is 0 Å². The average molecular weight is 174 g/mol. The summed E-state index contributed by atoms with van der Waals surface area (Å²) in [6.07, 6.45) is 0. The van der Waals surface area contributed by atoms with E-state index in [2.05, 4.69) is 14.9 Å². The molecule has 3 nitrogen and oxygen atoms in total. The molecule has 0 aliphatic rings. The van der Waals surface area contributed by atoms with E-state index in [1.807, 2.05) is 0 Å². The van der Waals surface area contributed by atoms with Crippen molar-refractivity contribution >= 4 is 0 Å². The van der Waals surface area contributed by atoms with Gasteiger partial charge in [-0.2, -0.15) is 8.78 Å². The third-order valence-electron chi connectivity index (χ3n) is 1.30. The predicted octanol–water partition coefficient (Wildman–Crippen LogP) is 1.60. The molecule has 0 aliphatic carbocycles. The maximum atomic E-state index is 12.5. The number of hydrogen-bond donors (Lipinski definition) is 0. The summed E-state index contributed by atoms with van der Waals surface area (Å²) in [5, 5.41) is 6.71. The molecule has 66 valence electrons. The van der Waals surface area contributed by atoms with Gasteiger partial charge in [-0.1, -0.05) is 0 Å². The number of alkyl halides is 2. The molecule has 0 aliphatic heterocycles. The topological polar surface area (TPSA) is 35.0 Å². The standard InChI is InChI=1S/C7H8F2N2O/c1-7(8,9)5-3-4-6(12-2)11-10-5/h3-4H,1-2H3. The van der Waals surface area contributed by atoms with Crippen LogP contribution in [0.2, 0.25) is 0 Å². The normalized spacial score (nSPS) is 11.3. The Morgan fingerprint density at radius 2 is 2.00 bits per heavy atom. The third-order valence-corrected chi connectivity index (χ3v) is 1.30. The van der Waals surface area contributed by atoms with Crippen LogP contribution in [0.1, 0.15) is 12.6 Å². The van der Waals surface area contributed by atoms with Crippen LogP contribution in [0, 0.1) is 0 Å². The van der Waals surface area contributed by atoms with Crippen LogP contribution in [0.5, 0.6) is 5.88 Å². The molecule has 0 aromatic carbocycles. The summed E-state index contributed by atoms with van der Waals surface area (Å²) < 4.78 is 29.8. The summed E-state index contributed by atoms with van der Waals surface area (Å²) in [5.41, 5.74) is -0.358. The first-order chi connectivity index (χ1) is 5.54. The van der Waals surface area contributed by atoms with Crippen LogP contribution in [0.4, 0.5) is 8.78 Å². The van der Waals surface area contributed by atoms with Crippen LogP contribution < -0.4 is 4.74 Å². The zero-order chi connectivity index (χ0) is 9.19. The molecule has 0 amide bonds. The zero-order valence-corrected chi connectivity index (χ0v) is 6.71. The van der Waals surface area contributed by atoms with E-state index in [-0.39, 0.29) is 11.6 Å². The first-order valence-corrected chi connectivity index (χ1v) is 3.30. The van der Waals surface area contributed by atoms with Crippen LogP contribution in [0.15, 0.2) is 12.1 Å². The van der Waals surface area contributed by atoms with Gasteiger partial charge in [0, 0.05) is 13.0 Å². The van der Waals surface area contributed by atoms with Crippen molar-refractivity contribution < 1.29 is 13.5 Å². The Bertz CT molecular complexity index is 255. The van der Waals surface area contributed by atoms with E-state index >= 15 is 0 Å². The fraction of sp³-hybridized carbons (Fsp3) is 0.429. The molecule has 0 unspecified atom stereocenters. The lowest BCUT2D eigenvalue weighted by atomic mass is 10.2. The minimum Gasteiger partial charge on any atom is -0.480 e. The zero-order valence-electron chi connectivity index (χ0n) is 6.71. The largest absolute Gasteiger partial charge is 0.480 e. The second-order valence-corrected chi connectivity index (χ2v) is 2.35. The predicted molar refractivity (Wildman–Crippen MR) is 38.2 cm³/mol. The van der Waals surface area contributed by atoms with E-state index in [1.165, 1.54) is 19.2 Å². The fourth-order valence-corrected chi connectivity index (χ4v) is 0.663. The summed E-state index contributed by atoms with van der Waals surface area (Å²) in [7, 11) is 1.40. The van der Waals surface area contributed by atoms with Crippen molar-refractivity contribution in [3.63, 3.8) is 0 Å². The molecular weight excluding hydrogens is 166 g/mol. The highest BCUT2D eigenvalue weighted by Gasteiger charge is 2.26. The highest BCUT2D eigenvalue weighted by atomic mass is 19.3. The highest BCUT2D eigenvalue weighted by Crippen LogP contribution is 2.24. The SMILES string of the molecule is COc1ccc(C(C)(F)F)nn1. The van der Waals surface area contributed by atoms with Gasteiger partial charge in [0.25, 0.3) is 5.92 Å². The number of ether oxygens (including phenoxy) is 1. The van der Waals surface area contributed by atoms with Gasteiger partial charge >= 0.3 is 0 Å². The van der Waals surface area contributed by atoms with Gasteiger partial charge in [-0.3, -0.25) is 0 Å². The van der Waals surface area contributed by atoms with Gasteiger partial charge in [0.15, 0.2) is 0 Å². The Hall–Kier alpha value is -1.26. The van der Waals surface area contributed by atoms with Crippen LogP contribution in [0.3, 0.4) is 0 Å². The van der Waals surface area contributed by atoms with Crippen molar-refractivity contribution in [2.75, 3.05) is 7.11 Å². The minimum atomic E-state index is -2.95. The Morgan fingerprint density at radius 1 is 1.33 bits per heavy atom. The molecule has 1 aromatic rings. The van der Waals surface area contributed by atoms with Crippen LogP contribution in [-0.4, -0.2) is 17.3 Å².